The number of fused-ring (bicyclic) bond motifs is 1. The van der Waals surface area contributed by atoms with E-state index in [4.69, 9.17) is 9.73 Å². The van der Waals surface area contributed by atoms with Crippen LogP contribution in [0.25, 0.3) is 10.9 Å². The van der Waals surface area contributed by atoms with Gasteiger partial charge in [0.25, 0.3) is 11.1 Å². The molecule has 0 bridgehead atoms. The van der Waals surface area contributed by atoms with Crippen molar-refractivity contribution in [2.24, 2.45) is 4.99 Å². The van der Waals surface area contributed by atoms with Gasteiger partial charge in [-0.2, -0.15) is 0 Å². The van der Waals surface area contributed by atoms with E-state index in [1.165, 1.54) is 17.3 Å². The van der Waals surface area contributed by atoms with E-state index in [0.29, 0.717) is 30.1 Å². The Morgan fingerprint density at radius 2 is 2.12 bits per heavy atom. The van der Waals surface area contributed by atoms with Crippen LogP contribution < -0.4 is 11.1 Å². The molecule has 172 valence electrons. The van der Waals surface area contributed by atoms with Gasteiger partial charge in [0, 0.05) is 18.7 Å². The van der Waals surface area contributed by atoms with E-state index in [0.717, 1.165) is 41.6 Å². The first kappa shape index (κ1) is 21.0. The molecule has 8 heteroatoms. The third-order valence-electron chi connectivity index (χ3n) is 7.12. The molecule has 1 fully saturated rings. The van der Waals surface area contributed by atoms with Gasteiger partial charge in [-0.1, -0.05) is 30.0 Å². The summed E-state index contributed by atoms with van der Waals surface area (Å²) in [5.74, 6) is 0.663. The van der Waals surface area contributed by atoms with E-state index in [2.05, 4.69) is 37.1 Å². The van der Waals surface area contributed by atoms with Crippen LogP contribution in [-0.2, 0) is 17.7 Å². The van der Waals surface area contributed by atoms with Crippen LogP contribution in [0.15, 0.2) is 38.8 Å². The van der Waals surface area contributed by atoms with Crippen molar-refractivity contribution in [3.63, 3.8) is 0 Å². The maximum atomic E-state index is 13.7. The SMILES string of the molecule is CC1=Nc2c(c(=O)[nH]n2C2CCOC(C)(C)C2)C(c2cc3cccc4c3n(c2=O)CCC4)S1. The lowest BCUT2D eigenvalue weighted by Gasteiger charge is -2.36. The molecule has 33 heavy (non-hydrogen) atoms. The normalized spacial score (nSPS) is 23.9. The molecule has 1 aromatic carbocycles. The van der Waals surface area contributed by atoms with Crippen molar-refractivity contribution >= 4 is 33.5 Å². The van der Waals surface area contributed by atoms with E-state index in [-0.39, 0.29) is 28.0 Å². The lowest BCUT2D eigenvalue weighted by molar-refractivity contribution is -0.0705. The van der Waals surface area contributed by atoms with Gasteiger partial charge in [0.1, 0.15) is 0 Å². The van der Waals surface area contributed by atoms with E-state index in [1.54, 1.807) is 0 Å². The van der Waals surface area contributed by atoms with Crippen molar-refractivity contribution < 1.29 is 4.74 Å². The van der Waals surface area contributed by atoms with Crippen molar-refractivity contribution in [2.45, 2.75) is 69.9 Å². The van der Waals surface area contributed by atoms with Crippen LogP contribution in [0.4, 0.5) is 5.82 Å². The average Bonchev–Trinajstić information content (AvgIpc) is 3.11. The Hall–Kier alpha value is -2.58. The molecule has 2 atom stereocenters. The number of ether oxygens (including phenoxy) is 1. The number of nitrogens with zero attached hydrogens (tertiary/aromatic N) is 3. The van der Waals surface area contributed by atoms with Crippen molar-refractivity contribution in [1.29, 1.82) is 0 Å². The van der Waals surface area contributed by atoms with Gasteiger partial charge in [0.2, 0.25) is 0 Å². The van der Waals surface area contributed by atoms with Crippen LogP contribution in [0.3, 0.4) is 0 Å². The van der Waals surface area contributed by atoms with E-state index < -0.39 is 0 Å². The van der Waals surface area contributed by atoms with Crippen LogP contribution in [0, 0.1) is 0 Å². The molecule has 5 heterocycles. The molecule has 0 aliphatic carbocycles. The number of aromatic nitrogens is 3. The molecule has 6 rings (SSSR count). The number of aryl methyl sites for hydroxylation is 2. The minimum absolute atomic E-state index is 0.00662. The summed E-state index contributed by atoms with van der Waals surface area (Å²) in [5.41, 5.74) is 3.12. The molecule has 2 unspecified atom stereocenters. The van der Waals surface area contributed by atoms with Gasteiger partial charge in [-0.05, 0) is 63.5 Å². The van der Waals surface area contributed by atoms with Crippen LogP contribution in [-0.4, -0.2) is 31.6 Å². The number of benzene rings is 1. The monoisotopic (exact) mass is 464 g/mol. The Labute approximate surface area is 195 Å². The molecule has 3 aromatic rings. The lowest BCUT2D eigenvalue weighted by atomic mass is 9.94. The topological polar surface area (TPSA) is 81.4 Å². The number of hydrogen-bond acceptors (Lipinski definition) is 5. The highest BCUT2D eigenvalue weighted by molar-refractivity contribution is 8.14. The van der Waals surface area contributed by atoms with E-state index >= 15 is 0 Å². The smallest absolute Gasteiger partial charge is 0.271 e. The van der Waals surface area contributed by atoms with Gasteiger partial charge in [0.05, 0.1) is 33.0 Å². The molecular formula is C25H28N4O3S. The van der Waals surface area contributed by atoms with Gasteiger partial charge >= 0.3 is 0 Å². The second-order valence-electron chi connectivity index (χ2n) is 9.95. The fourth-order valence-electron chi connectivity index (χ4n) is 5.69. The first-order valence-corrected chi connectivity index (χ1v) is 12.6. The number of H-pyrrole nitrogens is 1. The number of hydrogen-bond donors (Lipinski definition) is 1. The first-order valence-electron chi connectivity index (χ1n) is 11.7. The third-order valence-corrected chi connectivity index (χ3v) is 8.28. The summed E-state index contributed by atoms with van der Waals surface area (Å²) < 4.78 is 9.73. The van der Waals surface area contributed by atoms with Crippen molar-refractivity contribution in [3.8, 4) is 0 Å². The predicted molar refractivity (Wildman–Crippen MR) is 132 cm³/mol. The predicted octanol–water partition coefficient (Wildman–Crippen LogP) is 4.45. The number of thioether (sulfide) groups is 1. The molecule has 0 saturated carbocycles. The lowest BCUT2D eigenvalue weighted by Crippen LogP contribution is -2.35. The zero-order valence-electron chi connectivity index (χ0n) is 19.2. The fraction of sp³-hybridized carbons (Fsp3) is 0.480. The molecule has 7 nitrogen and oxygen atoms in total. The van der Waals surface area contributed by atoms with Crippen LogP contribution >= 0.6 is 11.8 Å². The summed E-state index contributed by atoms with van der Waals surface area (Å²) in [5, 5.41) is 4.61. The summed E-state index contributed by atoms with van der Waals surface area (Å²) in [6.45, 7) is 7.47. The Morgan fingerprint density at radius 3 is 2.94 bits per heavy atom. The van der Waals surface area contributed by atoms with Crippen LogP contribution in [0.1, 0.15) is 68.0 Å². The summed E-state index contributed by atoms with van der Waals surface area (Å²) in [6.07, 6.45) is 3.56. The summed E-state index contributed by atoms with van der Waals surface area (Å²) in [7, 11) is 0. The number of para-hydroxylation sites is 1. The van der Waals surface area contributed by atoms with Gasteiger partial charge < -0.3 is 9.30 Å². The van der Waals surface area contributed by atoms with Gasteiger partial charge in [-0.25, -0.2) is 4.99 Å². The minimum Gasteiger partial charge on any atom is -0.375 e. The van der Waals surface area contributed by atoms with E-state index in [1.807, 2.05) is 22.2 Å². The van der Waals surface area contributed by atoms with Gasteiger partial charge in [0.15, 0.2) is 5.82 Å². The number of rotatable bonds is 2. The fourth-order valence-corrected chi connectivity index (χ4v) is 6.79. The standard InChI is InChI=1S/C25H28N4O3S/c1-14-26-22-19(23(30)27-29(22)17-9-11-32-25(2,3)13-17)21(33-14)18-12-16-7-4-6-15-8-5-10-28(20(15)16)24(18)31/h4,6-7,12,17,21H,5,8-11,13H2,1-3H3,(H,27,30). The number of aromatic amines is 1. The molecule has 1 saturated heterocycles. The highest BCUT2D eigenvalue weighted by Crippen LogP contribution is 2.45. The molecule has 3 aliphatic rings. The molecule has 0 amide bonds. The van der Waals surface area contributed by atoms with E-state index in [9.17, 15) is 9.59 Å². The Bertz CT molecular complexity index is 1430. The highest BCUT2D eigenvalue weighted by atomic mass is 32.2. The number of pyridine rings is 1. The quantitative estimate of drug-likeness (QED) is 0.607. The van der Waals surface area contributed by atoms with Gasteiger partial charge in [-0.15, -0.1) is 0 Å². The van der Waals surface area contributed by atoms with Crippen molar-refractivity contribution in [2.75, 3.05) is 6.61 Å². The summed E-state index contributed by atoms with van der Waals surface area (Å²) >= 11 is 1.50. The molecule has 3 aliphatic heterocycles. The maximum Gasteiger partial charge on any atom is 0.271 e. The highest BCUT2D eigenvalue weighted by Gasteiger charge is 2.37. The average molecular weight is 465 g/mol. The third kappa shape index (κ3) is 3.34. The van der Waals surface area contributed by atoms with Crippen molar-refractivity contribution in [1.82, 2.24) is 14.3 Å². The molecule has 0 spiro atoms. The summed E-state index contributed by atoms with van der Waals surface area (Å²) in [4.78, 5) is 31.8. The zero-order valence-corrected chi connectivity index (χ0v) is 20.0. The molecule has 2 aromatic heterocycles. The van der Waals surface area contributed by atoms with Crippen molar-refractivity contribution in [3.05, 3.63) is 61.7 Å². The minimum atomic E-state index is -0.374. The van der Waals surface area contributed by atoms with Crippen LogP contribution in [0.5, 0.6) is 0 Å². The number of nitrogens with one attached hydrogen (secondary N) is 1. The molecule has 0 radical (unpaired) electrons. The maximum absolute atomic E-state index is 13.7. The number of aliphatic imine (C=N–C) groups is 1. The Kier molecular flexibility index (Phi) is 4.75. The Balaban J connectivity index is 1.53. The largest absolute Gasteiger partial charge is 0.375 e. The first-order chi connectivity index (χ1) is 15.8. The van der Waals surface area contributed by atoms with Gasteiger partial charge in [-0.3, -0.25) is 19.4 Å². The second-order valence-corrected chi connectivity index (χ2v) is 11.2. The summed E-state index contributed by atoms with van der Waals surface area (Å²) in [6, 6.07) is 8.34. The molecule has 1 N–H and O–H groups in total. The molecular weight excluding hydrogens is 436 g/mol. The second kappa shape index (κ2) is 7.46. The zero-order chi connectivity index (χ0) is 22.9. The Morgan fingerprint density at radius 1 is 1.27 bits per heavy atom. The van der Waals surface area contributed by atoms with Crippen LogP contribution in [0.2, 0.25) is 0 Å².